The molecule has 6 heteroatoms. The quantitative estimate of drug-likeness (QED) is 0.900. The number of hydrogen-bond acceptors (Lipinski definition) is 4. The molecule has 2 aliphatic heterocycles. The van der Waals surface area contributed by atoms with Crippen LogP contribution in [0.2, 0.25) is 0 Å². The van der Waals surface area contributed by atoms with E-state index < -0.39 is 5.60 Å². The Kier molecular flexibility index (Phi) is 3.86. The predicted molar refractivity (Wildman–Crippen MR) is 97.5 cm³/mol. The Morgan fingerprint density at radius 1 is 1.38 bits per heavy atom. The Bertz CT molecular complexity index is 898. The van der Waals surface area contributed by atoms with E-state index >= 15 is 0 Å². The van der Waals surface area contributed by atoms with Crippen LogP contribution in [0, 0.1) is 12.8 Å². The number of aromatic nitrogens is 2. The Balaban J connectivity index is 1.49. The first-order chi connectivity index (χ1) is 12.3. The maximum absolute atomic E-state index is 12.7. The van der Waals surface area contributed by atoms with Crippen molar-refractivity contribution in [1.82, 2.24) is 9.55 Å². The summed E-state index contributed by atoms with van der Waals surface area (Å²) < 4.78 is 8.03. The van der Waals surface area contributed by atoms with E-state index in [4.69, 9.17) is 4.74 Å². The lowest BCUT2D eigenvalue weighted by atomic mass is 9.92. The average molecular weight is 353 g/mol. The molecule has 1 unspecified atom stereocenters. The minimum absolute atomic E-state index is 0.0143. The van der Waals surface area contributed by atoms with Gasteiger partial charge in [-0.15, -0.1) is 0 Å². The maximum Gasteiger partial charge on any atom is 0.227 e. The number of imidazole rings is 1. The van der Waals surface area contributed by atoms with Crippen LogP contribution in [0.4, 0.5) is 5.69 Å². The molecule has 4 rings (SSSR count). The standard InChI is InChI=1S/C20H23N3O3/c1-12-21-11-15-8-13(6-7-23(12)15)19(25)22-14-4-5-18-16(9-14)17(24)10-20(2,3)26-18/h4-5,9,11,13H,6-8,10H2,1-3H3,(H,22,25). The van der Waals surface area contributed by atoms with Gasteiger partial charge in [0.05, 0.1) is 12.0 Å². The summed E-state index contributed by atoms with van der Waals surface area (Å²) in [7, 11) is 0. The molecule has 136 valence electrons. The van der Waals surface area contributed by atoms with Crippen LogP contribution < -0.4 is 10.1 Å². The van der Waals surface area contributed by atoms with Gasteiger partial charge in [0.1, 0.15) is 17.2 Å². The highest BCUT2D eigenvalue weighted by molar-refractivity contribution is 6.02. The van der Waals surface area contributed by atoms with E-state index in [2.05, 4.69) is 14.9 Å². The molecule has 0 saturated carbocycles. The molecular formula is C20H23N3O3. The number of ether oxygens (including phenoxy) is 1. The molecule has 2 aliphatic rings. The van der Waals surface area contributed by atoms with Crippen molar-refractivity contribution in [3.05, 3.63) is 41.5 Å². The largest absolute Gasteiger partial charge is 0.487 e. The second kappa shape index (κ2) is 5.97. The number of carbonyl (C=O) groups is 2. The SMILES string of the molecule is Cc1ncc2n1CCC(C(=O)Nc1ccc3c(c1)C(=O)CC(C)(C)O3)C2. The van der Waals surface area contributed by atoms with Crippen molar-refractivity contribution in [2.24, 2.45) is 5.92 Å². The van der Waals surface area contributed by atoms with Gasteiger partial charge in [0, 0.05) is 36.5 Å². The molecule has 0 fully saturated rings. The number of aryl methyl sites for hydroxylation is 1. The molecule has 0 aliphatic carbocycles. The summed E-state index contributed by atoms with van der Waals surface area (Å²) in [5, 5.41) is 2.96. The Morgan fingerprint density at radius 3 is 3.00 bits per heavy atom. The first-order valence-electron chi connectivity index (χ1n) is 9.00. The lowest BCUT2D eigenvalue weighted by molar-refractivity contribution is -0.120. The monoisotopic (exact) mass is 353 g/mol. The summed E-state index contributed by atoms with van der Waals surface area (Å²) in [4.78, 5) is 29.4. The molecule has 6 nitrogen and oxygen atoms in total. The second-order valence-electron chi connectivity index (χ2n) is 7.80. The summed E-state index contributed by atoms with van der Waals surface area (Å²) in [6.07, 6.45) is 3.67. The molecule has 1 N–H and O–H groups in total. The highest BCUT2D eigenvalue weighted by Gasteiger charge is 2.33. The molecule has 0 bridgehead atoms. The molecule has 0 radical (unpaired) electrons. The van der Waals surface area contributed by atoms with E-state index in [0.717, 1.165) is 24.5 Å². The highest BCUT2D eigenvalue weighted by Crippen LogP contribution is 2.34. The zero-order chi connectivity index (χ0) is 18.5. The highest BCUT2D eigenvalue weighted by atomic mass is 16.5. The molecular weight excluding hydrogens is 330 g/mol. The van der Waals surface area contributed by atoms with E-state index in [0.29, 0.717) is 29.8 Å². The van der Waals surface area contributed by atoms with Gasteiger partial charge >= 0.3 is 0 Å². The number of carbonyl (C=O) groups excluding carboxylic acids is 2. The fraction of sp³-hybridized carbons (Fsp3) is 0.450. The van der Waals surface area contributed by atoms with Crippen molar-refractivity contribution < 1.29 is 14.3 Å². The summed E-state index contributed by atoms with van der Waals surface area (Å²) in [5.74, 6) is 1.53. The summed E-state index contributed by atoms with van der Waals surface area (Å²) in [6, 6.07) is 5.29. The molecule has 1 aromatic heterocycles. The van der Waals surface area contributed by atoms with Crippen LogP contribution in [-0.2, 0) is 17.8 Å². The Labute approximate surface area is 152 Å². The van der Waals surface area contributed by atoms with Gasteiger partial charge in [-0.25, -0.2) is 4.98 Å². The summed E-state index contributed by atoms with van der Waals surface area (Å²) in [6.45, 7) is 6.60. The van der Waals surface area contributed by atoms with Crippen LogP contribution in [0.1, 0.15) is 48.6 Å². The van der Waals surface area contributed by atoms with Crippen LogP contribution in [0.5, 0.6) is 5.75 Å². The van der Waals surface area contributed by atoms with Crippen molar-refractivity contribution in [3.63, 3.8) is 0 Å². The van der Waals surface area contributed by atoms with Crippen molar-refractivity contribution >= 4 is 17.4 Å². The van der Waals surface area contributed by atoms with E-state index in [1.54, 1.807) is 18.2 Å². The normalized spacial score (nSPS) is 20.7. The number of nitrogens with one attached hydrogen (secondary N) is 1. The smallest absolute Gasteiger partial charge is 0.227 e. The third-order valence-electron chi connectivity index (χ3n) is 5.19. The fourth-order valence-corrected chi connectivity index (χ4v) is 3.82. The van der Waals surface area contributed by atoms with Gasteiger partial charge in [-0.05, 0) is 45.4 Å². The van der Waals surface area contributed by atoms with Gasteiger partial charge in [-0.3, -0.25) is 9.59 Å². The van der Waals surface area contributed by atoms with E-state index in [1.807, 2.05) is 27.0 Å². The van der Waals surface area contributed by atoms with Crippen LogP contribution in [0.15, 0.2) is 24.4 Å². The average Bonchev–Trinajstić information content (AvgIpc) is 2.95. The molecule has 2 aromatic rings. The maximum atomic E-state index is 12.7. The molecule has 1 amide bonds. The topological polar surface area (TPSA) is 73.2 Å². The number of Topliss-reactive ketones (excluding diaryl/α,β-unsaturated/α-hetero) is 1. The fourth-order valence-electron chi connectivity index (χ4n) is 3.82. The summed E-state index contributed by atoms with van der Waals surface area (Å²) in [5.41, 5.74) is 1.79. The lowest BCUT2D eigenvalue weighted by Gasteiger charge is -2.31. The zero-order valence-corrected chi connectivity index (χ0v) is 15.3. The second-order valence-corrected chi connectivity index (χ2v) is 7.80. The van der Waals surface area contributed by atoms with Crippen LogP contribution >= 0.6 is 0 Å². The van der Waals surface area contributed by atoms with Crippen molar-refractivity contribution in [1.29, 1.82) is 0 Å². The van der Waals surface area contributed by atoms with E-state index in [1.165, 1.54) is 0 Å². The zero-order valence-electron chi connectivity index (χ0n) is 15.3. The number of ketones is 1. The minimum Gasteiger partial charge on any atom is -0.487 e. The number of fused-ring (bicyclic) bond motifs is 2. The van der Waals surface area contributed by atoms with Gasteiger partial charge in [0.2, 0.25) is 5.91 Å². The van der Waals surface area contributed by atoms with Gasteiger partial charge in [-0.1, -0.05) is 0 Å². The van der Waals surface area contributed by atoms with Crippen molar-refractivity contribution in [3.8, 4) is 5.75 Å². The van der Waals surface area contributed by atoms with E-state index in [9.17, 15) is 9.59 Å². The van der Waals surface area contributed by atoms with Gasteiger partial charge in [0.25, 0.3) is 0 Å². The van der Waals surface area contributed by atoms with Gasteiger partial charge in [-0.2, -0.15) is 0 Å². The number of hydrogen-bond donors (Lipinski definition) is 1. The Hall–Kier alpha value is -2.63. The van der Waals surface area contributed by atoms with Crippen LogP contribution in [0.3, 0.4) is 0 Å². The molecule has 1 atom stereocenters. The van der Waals surface area contributed by atoms with Gasteiger partial charge < -0.3 is 14.6 Å². The third-order valence-corrected chi connectivity index (χ3v) is 5.19. The molecule has 0 saturated heterocycles. The number of benzene rings is 1. The number of nitrogens with zero attached hydrogens (tertiary/aromatic N) is 2. The first kappa shape index (κ1) is 16.8. The molecule has 1 aromatic carbocycles. The molecule has 26 heavy (non-hydrogen) atoms. The summed E-state index contributed by atoms with van der Waals surface area (Å²) >= 11 is 0. The van der Waals surface area contributed by atoms with Gasteiger partial charge in [0.15, 0.2) is 5.78 Å². The Morgan fingerprint density at radius 2 is 2.19 bits per heavy atom. The minimum atomic E-state index is -0.488. The lowest BCUT2D eigenvalue weighted by Crippen LogP contribution is -2.36. The van der Waals surface area contributed by atoms with Crippen LogP contribution in [-0.4, -0.2) is 26.8 Å². The van der Waals surface area contributed by atoms with Crippen LogP contribution in [0.25, 0.3) is 0 Å². The molecule has 0 spiro atoms. The van der Waals surface area contributed by atoms with Crippen molar-refractivity contribution in [2.45, 2.75) is 52.2 Å². The third kappa shape index (κ3) is 3.00. The van der Waals surface area contributed by atoms with E-state index in [-0.39, 0.29) is 17.6 Å². The number of anilines is 1. The number of rotatable bonds is 2. The van der Waals surface area contributed by atoms with Crippen molar-refractivity contribution in [2.75, 3.05) is 5.32 Å². The number of amides is 1. The predicted octanol–water partition coefficient (Wildman–Crippen LogP) is 3.14. The molecule has 3 heterocycles. The first-order valence-corrected chi connectivity index (χ1v) is 9.00.